The van der Waals surface area contributed by atoms with E-state index in [9.17, 15) is 0 Å². The molecule has 0 saturated heterocycles. The number of unbranched alkanes of at least 4 members (excludes halogenated alkanes) is 2. The molecule has 0 saturated carbocycles. The van der Waals surface area contributed by atoms with Gasteiger partial charge in [-0.1, -0.05) is 26.7 Å². The van der Waals surface area contributed by atoms with E-state index in [2.05, 4.69) is 28.7 Å². The largest absolute Gasteiger partial charge is 0.321 e. The summed E-state index contributed by atoms with van der Waals surface area (Å²) in [7, 11) is 0. The molecule has 1 rings (SSSR count). The summed E-state index contributed by atoms with van der Waals surface area (Å²) in [5.41, 5.74) is 0. The van der Waals surface area contributed by atoms with Crippen LogP contribution in [0.3, 0.4) is 0 Å². The summed E-state index contributed by atoms with van der Waals surface area (Å²) in [5, 5.41) is 3.53. The third-order valence-corrected chi connectivity index (χ3v) is 2.43. The molecule has 0 radical (unpaired) electrons. The van der Waals surface area contributed by atoms with Crippen LogP contribution < -0.4 is 5.32 Å². The zero-order valence-electron chi connectivity index (χ0n) is 9.24. The molecular weight excluding hydrogens is 174 g/mol. The Bertz CT molecular complexity index is 218. The van der Waals surface area contributed by atoms with Crippen molar-refractivity contribution in [2.24, 2.45) is 0 Å². The third kappa shape index (κ3) is 3.50. The van der Waals surface area contributed by atoms with Crippen LogP contribution in [0.15, 0.2) is 18.7 Å². The zero-order chi connectivity index (χ0) is 10.2. The Labute approximate surface area is 86.5 Å². The minimum atomic E-state index is 0.411. The van der Waals surface area contributed by atoms with Gasteiger partial charge in [0.25, 0.3) is 0 Å². The van der Waals surface area contributed by atoms with Crippen LogP contribution in [0.2, 0.25) is 0 Å². The molecular formula is C11H21N3. The monoisotopic (exact) mass is 195 g/mol. The summed E-state index contributed by atoms with van der Waals surface area (Å²) in [6, 6.07) is 0. The van der Waals surface area contributed by atoms with Crippen LogP contribution in [0.4, 0.5) is 0 Å². The van der Waals surface area contributed by atoms with Crippen molar-refractivity contribution in [1.82, 2.24) is 14.9 Å². The molecule has 0 fully saturated rings. The number of rotatable bonds is 7. The first kappa shape index (κ1) is 11.2. The van der Waals surface area contributed by atoms with E-state index in [-0.39, 0.29) is 0 Å². The van der Waals surface area contributed by atoms with Crippen molar-refractivity contribution < 1.29 is 0 Å². The maximum Gasteiger partial charge on any atom is 0.0959 e. The second-order valence-corrected chi connectivity index (χ2v) is 3.60. The van der Waals surface area contributed by atoms with Gasteiger partial charge in [-0.05, 0) is 19.4 Å². The minimum Gasteiger partial charge on any atom is -0.321 e. The van der Waals surface area contributed by atoms with E-state index in [1.54, 1.807) is 0 Å². The van der Waals surface area contributed by atoms with E-state index < -0.39 is 0 Å². The molecule has 1 aromatic rings. The topological polar surface area (TPSA) is 29.9 Å². The first-order chi connectivity index (χ1) is 6.88. The maximum atomic E-state index is 4.06. The molecule has 0 aromatic carbocycles. The molecule has 0 spiro atoms. The number of nitrogens with one attached hydrogen (secondary N) is 1. The average Bonchev–Trinajstić information content (AvgIpc) is 2.71. The quantitative estimate of drug-likeness (QED) is 0.678. The molecule has 1 N–H and O–H groups in total. The van der Waals surface area contributed by atoms with Crippen LogP contribution in [-0.4, -0.2) is 16.1 Å². The standard InChI is InChI=1S/C11H21N3/c1-3-5-6-7-13-11(4-2)14-9-8-12-10-14/h8-11,13H,3-7H2,1-2H3. The maximum absolute atomic E-state index is 4.06. The Balaban J connectivity index is 2.26. The van der Waals surface area contributed by atoms with Crippen LogP contribution in [0, 0.1) is 0 Å². The summed E-state index contributed by atoms with van der Waals surface area (Å²) in [5.74, 6) is 0. The van der Waals surface area contributed by atoms with Crippen LogP contribution in [0.5, 0.6) is 0 Å². The van der Waals surface area contributed by atoms with Crippen molar-refractivity contribution in [2.75, 3.05) is 6.54 Å². The van der Waals surface area contributed by atoms with Gasteiger partial charge >= 0.3 is 0 Å². The fraction of sp³-hybridized carbons (Fsp3) is 0.727. The van der Waals surface area contributed by atoms with E-state index >= 15 is 0 Å². The first-order valence-corrected chi connectivity index (χ1v) is 5.59. The van der Waals surface area contributed by atoms with E-state index in [0.29, 0.717) is 6.17 Å². The lowest BCUT2D eigenvalue weighted by Crippen LogP contribution is -2.26. The second kappa shape index (κ2) is 6.60. The highest BCUT2D eigenvalue weighted by molar-refractivity contribution is 4.78. The molecule has 1 unspecified atom stereocenters. The van der Waals surface area contributed by atoms with Gasteiger partial charge in [0.2, 0.25) is 0 Å². The van der Waals surface area contributed by atoms with Gasteiger partial charge in [0.05, 0.1) is 12.5 Å². The van der Waals surface area contributed by atoms with E-state index in [0.717, 1.165) is 13.0 Å². The van der Waals surface area contributed by atoms with E-state index in [1.807, 2.05) is 18.7 Å². The SMILES string of the molecule is CCCCCNC(CC)n1ccnc1. The van der Waals surface area contributed by atoms with Crippen molar-refractivity contribution in [3.8, 4) is 0 Å². The van der Waals surface area contributed by atoms with Gasteiger partial charge in [-0.2, -0.15) is 0 Å². The number of imidazole rings is 1. The Morgan fingerprint density at radius 1 is 1.36 bits per heavy atom. The molecule has 14 heavy (non-hydrogen) atoms. The van der Waals surface area contributed by atoms with Crippen LogP contribution >= 0.6 is 0 Å². The van der Waals surface area contributed by atoms with Crippen molar-refractivity contribution >= 4 is 0 Å². The molecule has 1 heterocycles. The van der Waals surface area contributed by atoms with Crippen molar-refractivity contribution in [1.29, 1.82) is 0 Å². The highest BCUT2D eigenvalue weighted by Gasteiger charge is 2.04. The lowest BCUT2D eigenvalue weighted by atomic mass is 10.2. The van der Waals surface area contributed by atoms with Crippen LogP contribution in [0.1, 0.15) is 45.7 Å². The van der Waals surface area contributed by atoms with Gasteiger partial charge in [0.15, 0.2) is 0 Å². The normalized spacial score (nSPS) is 13.0. The lowest BCUT2D eigenvalue weighted by Gasteiger charge is -2.18. The number of hydrogen-bond donors (Lipinski definition) is 1. The van der Waals surface area contributed by atoms with Gasteiger partial charge in [-0.15, -0.1) is 0 Å². The van der Waals surface area contributed by atoms with E-state index in [1.165, 1.54) is 19.3 Å². The Morgan fingerprint density at radius 2 is 2.21 bits per heavy atom. The fourth-order valence-corrected chi connectivity index (χ4v) is 1.56. The highest BCUT2D eigenvalue weighted by Crippen LogP contribution is 2.06. The summed E-state index contributed by atoms with van der Waals surface area (Å²) in [6.07, 6.45) is 11.1. The van der Waals surface area contributed by atoms with Gasteiger partial charge in [-0.25, -0.2) is 4.98 Å². The number of aromatic nitrogens is 2. The Hall–Kier alpha value is -0.830. The smallest absolute Gasteiger partial charge is 0.0959 e. The van der Waals surface area contributed by atoms with E-state index in [4.69, 9.17) is 0 Å². The molecule has 0 bridgehead atoms. The van der Waals surface area contributed by atoms with Crippen molar-refractivity contribution in [2.45, 2.75) is 45.7 Å². The van der Waals surface area contributed by atoms with Gasteiger partial charge in [0, 0.05) is 12.4 Å². The van der Waals surface area contributed by atoms with Crippen molar-refractivity contribution in [3.05, 3.63) is 18.7 Å². The molecule has 3 heteroatoms. The zero-order valence-corrected chi connectivity index (χ0v) is 9.24. The van der Waals surface area contributed by atoms with Gasteiger partial charge in [0.1, 0.15) is 0 Å². The minimum absolute atomic E-state index is 0.411. The summed E-state index contributed by atoms with van der Waals surface area (Å²) >= 11 is 0. The molecule has 0 aliphatic carbocycles. The molecule has 0 aliphatic heterocycles. The van der Waals surface area contributed by atoms with Gasteiger partial charge < -0.3 is 4.57 Å². The third-order valence-electron chi connectivity index (χ3n) is 2.43. The molecule has 0 amide bonds. The Morgan fingerprint density at radius 3 is 2.79 bits per heavy atom. The highest BCUT2D eigenvalue weighted by atomic mass is 15.2. The number of hydrogen-bond acceptors (Lipinski definition) is 2. The molecule has 0 aliphatic rings. The average molecular weight is 195 g/mol. The van der Waals surface area contributed by atoms with Crippen LogP contribution in [0.25, 0.3) is 0 Å². The first-order valence-electron chi connectivity index (χ1n) is 5.59. The van der Waals surface area contributed by atoms with Crippen LogP contribution in [-0.2, 0) is 0 Å². The second-order valence-electron chi connectivity index (χ2n) is 3.60. The molecule has 1 atom stereocenters. The predicted octanol–water partition coefficient (Wildman–Crippen LogP) is 2.57. The molecule has 80 valence electrons. The van der Waals surface area contributed by atoms with Gasteiger partial charge in [-0.3, -0.25) is 5.32 Å². The van der Waals surface area contributed by atoms with Crippen molar-refractivity contribution in [3.63, 3.8) is 0 Å². The summed E-state index contributed by atoms with van der Waals surface area (Å²) in [6.45, 7) is 5.52. The summed E-state index contributed by atoms with van der Waals surface area (Å²) < 4.78 is 2.13. The number of nitrogens with zero attached hydrogens (tertiary/aromatic N) is 2. The molecule has 1 aromatic heterocycles. The predicted molar refractivity (Wildman–Crippen MR) is 59.1 cm³/mol. The molecule has 3 nitrogen and oxygen atoms in total. The fourth-order valence-electron chi connectivity index (χ4n) is 1.56. The lowest BCUT2D eigenvalue weighted by molar-refractivity contribution is 0.386. The Kier molecular flexibility index (Phi) is 5.30. The summed E-state index contributed by atoms with van der Waals surface area (Å²) in [4.78, 5) is 4.06.